The van der Waals surface area contributed by atoms with Crippen molar-refractivity contribution in [3.05, 3.63) is 0 Å². The molecule has 1 heterocycles. The van der Waals surface area contributed by atoms with E-state index in [1.165, 1.54) is 0 Å². The first-order chi connectivity index (χ1) is 5.09. The Kier molecular flexibility index (Phi) is 2.78. The molecule has 1 aliphatic heterocycles. The highest BCUT2D eigenvalue weighted by Gasteiger charge is 2.31. The first-order valence-corrected chi connectivity index (χ1v) is 3.68. The quantitative estimate of drug-likeness (QED) is 0.591. The largest absolute Gasteiger partial charge is 0.344 e. The molecule has 0 spiro atoms. The number of ether oxygens (including phenoxy) is 2. The highest BCUT2D eigenvalue weighted by Crippen LogP contribution is 2.21. The maximum atomic E-state index is 12.0. The van der Waals surface area contributed by atoms with Crippen LogP contribution in [-0.4, -0.2) is 24.9 Å². The van der Waals surface area contributed by atoms with Crippen molar-refractivity contribution in [2.24, 2.45) is 0 Å². The van der Waals surface area contributed by atoms with Crippen molar-refractivity contribution in [2.75, 3.05) is 0 Å². The molecule has 4 heteroatoms. The average Bonchev–Trinajstić information content (AvgIpc) is 1.85. The summed E-state index contributed by atoms with van der Waals surface area (Å²) in [5.41, 5.74) is 0. The second kappa shape index (κ2) is 3.45. The lowest BCUT2D eigenvalue weighted by molar-refractivity contribution is -0.276. The van der Waals surface area contributed by atoms with Gasteiger partial charge in [0.25, 0.3) is 6.43 Å². The second-order valence-corrected chi connectivity index (χ2v) is 2.83. The fourth-order valence-electron chi connectivity index (χ4n) is 1.19. The van der Waals surface area contributed by atoms with Crippen LogP contribution in [0, 0.1) is 0 Å². The van der Waals surface area contributed by atoms with Crippen molar-refractivity contribution in [3.8, 4) is 0 Å². The van der Waals surface area contributed by atoms with Gasteiger partial charge in [0, 0.05) is 0 Å². The Morgan fingerprint density at radius 3 is 2.00 bits per heavy atom. The summed E-state index contributed by atoms with van der Waals surface area (Å²) in [6, 6.07) is 0. The Hall–Kier alpha value is -0.220. The third kappa shape index (κ3) is 2.38. The van der Waals surface area contributed by atoms with Gasteiger partial charge >= 0.3 is 0 Å². The summed E-state index contributed by atoms with van der Waals surface area (Å²) in [6.07, 6.45) is -3.44. The molecule has 1 saturated heterocycles. The third-order valence-electron chi connectivity index (χ3n) is 1.60. The Labute approximate surface area is 64.5 Å². The van der Waals surface area contributed by atoms with Gasteiger partial charge in [-0.2, -0.15) is 0 Å². The lowest BCUT2D eigenvalue weighted by Crippen LogP contribution is -2.39. The molecule has 0 amide bonds. The minimum absolute atomic E-state index is 0.127. The predicted molar refractivity (Wildman–Crippen MR) is 35.5 cm³/mol. The molecule has 11 heavy (non-hydrogen) atoms. The molecule has 66 valence electrons. The molecule has 1 rings (SSSR count). The number of alkyl halides is 2. The molecule has 1 aliphatic rings. The summed E-state index contributed by atoms with van der Waals surface area (Å²) in [4.78, 5) is 0. The Bertz CT molecular complexity index is 120. The fraction of sp³-hybridized carbons (Fsp3) is 1.00. The second-order valence-electron chi connectivity index (χ2n) is 2.83. The molecule has 0 radical (unpaired) electrons. The van der Waals surface area contributed by atoms with E-state index in [9.17, 15) is 8.78 Å². The maximum absolute atomic E-state index is 12.0. The Morgan fingerprint density at radius 1 is 1.18 bits per heavy atom. The zero-order valence-electron chi connectivity index (χ0n) is 6.59. The Morgan fingerprint density at radius 2 is 1.64 bits per heavy atom. The molecule has 0 bridgehead atoms. The van der Waals surface area contributed by atoms with Crippen molar-refractivity contribution in [2.45, 2.75) is 45.2 Å². The van der Waals surface area contributed by atoms with Crippen LogP contribution in [0.1, 0.15) is 20.3 Å². The smallest absolute Gasteiger partial charge is 0.288 e. The molecular weight excluding hydrogens is 154 g/mol. The lowest BCUT2D eigenvalue weighted by atomic mass is 10.2. The van der Waals surface area contributed by atoms with E-state index in [1.807, 2.05) is 0 Å². The summed E-state index contributed by atoms with van der Waals surface area (Å²) in [5, 5.41) is 0. The van der Waals surface area contributed by atoms with Gasteiger partial charge in [-0.25, -0.2) is 8.78 Å². The van der Waals surface area contributed by atoms with Crippen LogP contribution >= 0.6 is 0 Å². The summed E-state index contributed by atoms with van der Waals surface area (Å²) >= 11 is 0. The van der Waals surface area contributed by atoms with E-state index in [0.29, 0.717) is 6.42 Å². The topological polar surface area (TPSA) is 18.5 Å². The molecule has 0 aromatic heterocycles. The highest BCUT2D eigenvalue weighted by atomic mass is 19.3. The van der Waals surface area contributed by atoms with Gasteiger partial charge in [-0.15, -0.1) is 0 Å². The molecule has 2 unspecified atom stereocenters. The fourth-order valence-corrected chi connectivity index (χ4v) is 1.19. The first kappa shape index (κ1) is 8.87. The van der Waals surface area contributed by atoms with Crippen molar-refractivity contribution in [1.29, 1.82) is 0 Å². The van der Waals surface area contributed by atoms with Gasteiger partial charge in [-0.05, 0) is 20.3 Å². The van der Waals surface area contributed by atoms with Gasteiger partial charge in [0.1, 0.15) is 0 Å². The van der Waals surface area contributed by atoms with Crippen LogP contribution in [0.25, 0.3) is 0 Å². The van der Waals surface area contributed by atoms with E-state index >= 15 is 0 Å². The van der Waals surface area contributed by atoms with Gasteiger partial charge in [-0.1, -0.05) is 0 Å². The SMILES string of the molecule is CC1CC(C)OC(C(F)F)O1. The van der Waals surface area contributed by atoms with Crippen molar-refractivity contribution >= 4 is 0 Å². The van der Waals surface area contributed by atoms with Crippen LogP contribution in [0.15, 0.2) is 0 Å². The molecule has 2 nitrogen and oxygen atoms in total. The van der Waals surface area contributed by atoms with E-state index in [2.05, 4.69) is 0 Å². The van der Waals surface area contributed by atoms with Crippen LogP contribution in [0.5, 0.6) is 0 Å². The van der Waals surface area contributed by atoms with Gasteiger partial charge < -0.3 is 9.47 Å². The highest BCUT2D eigenvalue weighted by molar-refractivity contribution is 4.66. The van der Waals surface area contributed by atoms with Crippen LogP contribution in [-0.2, 0) is 9.47 Å². The molecule has 0 aromatic carbocycles. The maximum Gasteiger partial charge on any atom is 0.288 e. The van der Waals surface area contributed by atoms with Gasteiger partial charge in [0.15, 0.2) is 0 Å². The van der Waals surface area contributed by atoms with Crippen LogP contribution in [0.4, 0.5) is 8.78 Å². The summed E-state index contributed by atoms with van der Waals surface area (Å²) in [6.45, 7) is 3.54. The molecular formula is C7H12F2O2. The monoisotopic (exact) mass is 166 g/mol. The Balaban J connectivity index is 2.43. The zero-order chi connectivity index (χ0) is 8.43. The van der Waals surface area contributed by atoms with E-state index in [4.69, 9.17) is 9.47 Å². The summed E-state index contributed by atoms with van der Waals surface area (Å²) in [5.74, 6) is 0. The number of hydrogen-bond donors (Lipinski definition) is 0. The van der Waals surface area contributed by atoms with Crippen LogP contribution in [0.2, 0.25) is 0 Å². The van der Waals surface area contributed by atoms with E-state index in [1.54, 1.807) is 13.8 Å². The van der Waals surface area contributed by atoms with E-state index < -0.39 is 12.7 Å². The van der Waals surface area contributed by atoms with Crippen LogP contribution < -0.4 is 0 Å². The van der Waals surface area contributed by atoms with Gasteiger partial charge in [-0.3, -0.25) is 0 Å². The van der Waals surface area contributed by atoms with Crippen LogP contribution in [0.3, 0.4) is 0 Å². The average molecular weight is 166 g/mol. The van der Waals surface area contributed by atoms with E-state index in [0.717, 1.165) is 0 Å². The van der Waals surface area contributed by atoms with Crippen molar-refractivity contribution in [3.63, 3.8) is 0 Å². The molecule has 0 saturated carbocycles. The summed E-state index contributed by atoms with van der Waals surface area (Å²) in [7, 11) is 0. The van der Waals surface area contributed by atoms with Gasteiger partial charge in [0.2, 0.25) is 6.29 Å². The molecule has 1 fully saturated rings. The normalized spacial score (nSPS) is 39.5. The molecule has 0 aromatic rings. The minimum atomic E-state index is -2.54. The predicted octanol–water partition coefficient (Wildman–Crippen LogP) is 1.79. The van der Waals surface area contributed by atoms with Crippen molar-refractivity contribution in [1.82, 2.24) is 0 Å². The summed E-state index contributed by atoms with van der Waals surface area (Å²) < 4.78 is 33.7. The lowest BCUT2D eigenvalue weighted by Gasteiger charge is -2.31. The number of hydrogen-bond acceptors (Lipinski definition) is 2. The first-order valence-electron chi connectivity index (χ1n) is 3.68. The minimum Gasteiger partial charge on any atom is -0.344 e. The standard InChI is InChI=1S/C7H12F2O2/c1-4-3-5(2)11-7(10-4)6(8)9/h4-7H,3H2,1-2H3. The number of halogens is 2. The van der Waals surface area contributed by atoms with Crippen molar-refractivity contribution < 1.29 is 18.3 Å². The number of rotatable bonds is 1. The molecule has 2 atom stereocenters. The van der Waals surface area contributed by atoms with E-state index in [-0.39, 0.29) is 12.2 Å². The molecule has 0 aliphatic carbocycles. The zero-order valence-corrected chi connectivity index (χ0v) is 6.59. The molecule has 0 N–H and O–H groups in total. The third-order valence-corrected chi connectivity index (χ3v) is 1.60. The van der Waals surface area contributed by atoms with Gasteiger partial charge in [0.05, 0.1) is 12.2 Å².